The van der Waals surface area contributed by atoms with Crippen molar-refractivity contribution in [3.63, 3.8) is 0 Å². The van der Waals surface area contributed by atoms with Gasteiger partial charge in [0.25, 0.3) is 5.91 Å². The molecule has 0 heterocycles. The summed E-state index contributed by atoms with van der Waals surface area (Å²) in [6, 6.07) is 9.38. The van der Waals surface area contributed by atoms with Crippen LogP contribution in [0.5, 0.6) is 5.75 Å². The lowest BCUT2D eigenvalue weighted by atomic mass is 10.1. The first-order valence-corrected chi connectivity index (χ1v) is 7.51. The minimum atomic E-state index is -4.39. The number of benzene rings is 2. The maximum atomic E-state index is 12.4. The molecule has 0 aliphatic rings. The number of aryl methyl sites for hydroxylation is 1. The molecule has 0 aliphatic heterocycles. The molecule has 2 aromatic carbocycles. The predicted octanol–water partition coefficient (Wildman–Crippen LogP) is 4.20. The highest BCUT2D eigenvalue weighted by atomic mass is 35.5. The number of hydrogen-bond acceptors (Lipinski definition) is 3. The number of nitrogens with one attached hydrogen (secondary N) is 1. The van der Waals surface area contributed by atoms with Gasteiger partial charge in [-0.05, 0) is 48.4 Å². The second kappa shape index (κ2) is 8.02. The summed E-state index contributed by atoms with van der Waals surface area (Å²) in [6.07, 6.45) is -3.15. The first kappa shape index (κ1) is 18.8. The zero-order chi connectivity index (χ0) is 18.4. The summed E-state index contributed by atoms with van der Waals surface area (Å²) in [4.78, 5) is 11.6. The zero-order valence-corrected chi connectivity index (χ0v) is 13.9. The molecule has 0 aliphatic carbocycles. The van der Waals surface area contributed by atoms with E-state index in [1.54, 1.807) is 18.2 Å². The summed E-state index contributed by atoms with van der Waals surface area (Å²) in [5.74, 6) is -0.0143. The van der Waals surface area contributed by atoms with E-state index in [1.807, 2.05) is 6.92 Å². The fourth-order valence-corrected chi connectivity index (χ4v) is 1.94. The molecule has 0 spiro atoms. The van der Waals surface area contributed by atoms with Crippen LogP contribution >= 0.6 is 11.6 Å². The van der Waals surface area contributed by atoms with E-state index in [-0.39, 0.29) is 6.61 Å². The van der Waals surface area contributed by atoms with Crippen molar-refractivity contribution in [2.24, 2.45) is 5.10 Å². The molecule has 1 N–H and O–H groups in total. The molecule has 25 heavy (non-hydrogen) atoms. The summed E-state index contributed by atoms with van der Waals surface area (Å²) < 4.78 is 42.6. The average molecular weight is 371 g/mol. The normalized spacial score (nSPS) is 11.6. The van der Waals surface area contributed by atoms with E-state index in [1.165, 1.54) is 18.3 Å². The molecular formula is C17H14ClF3N2O2. The Hall–Kier alpha value is -2.54. The number of alkyl halides is 3. The molecule has 2 aromatic rings. The van der Waals surface area contributed by atoms with Crippen LogP contribution in [-0.4, -0.2) is 18.7 Å². The first-order chi connectivity index (χ1) is 11.8. The number of ether oxygens (including phenoxy) is 1. The van der Waals surface area contributed by atoms with Crippen LogP contribution in [-0.2, 0) is 11.0 Å². The molecular weight excluding hydrogens is 357 g/mol. The Kier molecular flexibility index (Phi) is 6.03. The number of hydrogen-bond donors (Lipinski definition) is 1. The van der Waals surface area contributed by atoms with Crippen LogP contribution in [0.15, 0.2) is 47.6 Å². The molecule has 2 rings (SSSR count). The standard InChI is InChI=1S/C17H14ClF3N2O2/c1-11-8-14(6-7-15(11)18)25-10-16(24)23-22-9-12-2-4-13(5-3-12)17(19,20)21/h2-9H,10H2,1H3,(H,23,24)/b22-9-. The Labute approximate surface area is 147 Å². The van der Waals surface area contributed by atoms with Crippen molar-refractivity contribution < 1.29 is 22.7 Å². The topological polar surface area (TPSA) is 50.7 Å². The quantitative estimate of drug-likeness (QED) is 0.633. The third-order valence-corrected chi connectivity index (χ3v) is 3.56. The van der Waals surface area contributed by atoms with Gasteiger partial charge in [-0.25, -0.2) is 5.43 Å². The summed E-state index contributed by atoms with van der Waals surface area (Å²) >= 11 is 5.89. The largest absolute Gasteiger partial charge is 0.484 e. The SMILES string of the molecule is Cc1cc(OCC(=O)N/N=C\c2ccc(C(F)(F)F)cc2)ccc1Cl. The third-order valence-electron chi connectivity index (χ3n) is 3.14. The van der Waals surface area contributed by atoms with E-state index in [4.69, 9.17) is 16.3 Å². The summed E-state index contributed by atoms with van der Waals surface area (Å²) in [5, 5.41) is 4.27. The van der Waals surface area contributed by atoms with Gasteiger partial charge in [-0.3, -0.25) is 4.79 Å². The monoisotopic (exact) mass is 370 g/mol. The van der Waals surface area contributed by atoms with Crippen molar-refractivity contribution >= 4 is 23.7 Å². The van der Waals surface area contributed by atoms with Gasteiger partial charge in [0.15, 0.2) is 6.61 Å². The highest BCUT2D eigenvalue weighted by Crippen LogP contribution is 2.28. The van der Waals surface area contributed by atoms with Gasteiger partial charge in [-0.2, -0.15) is 18.3 Å². The van der Waals surface area contributed by atoms with Crippen LogP contribution in [0.2, 0.25) is 5.02 Å². The molecule has 4 nitrogen and oxygen atoms in total. The number of nitrogens with zero attached hydrogens (tertiary/aromatic N) is 1. The molecule has 0 saturated carbocycles. The van der Waals surface area contributed by atoms with Gasteiger partial charge in [0.05, 0.1) is 11.8 Å². The molecule has 8 heteroatoms. The van der Waals surface area contributed by atoms with E-state index in [2.05, 4.69) is 10.5 Å². The van der Waals surface area contributed by atoms with E-state index in [0.717, 1.165) is 17.7 Å². The third kappa shape index (κ3) is 5.79. The van der Waals surface area contributed by atoms with Crippen LogP contribution in [0.3, 0.4) is 0 Å². The van der Waals surface area contributed by atoms with E-state index < -0.39 is 17.6 Å². The molecule has 0 unspecified atom stereocenters. The van der Waals surface area contributed by atoms with Gasteiger partial charge in [-0.1, -0.05) is 23.7 Å². The van der Waals surface area contributed by atoms with Crippen LogP contribution in [0.4, 0.5) is 13.2 Å². The lowest BCUT2D eigenvalue weighted by molar-refractivity contribution is -0.137. The van der Waals surface area contributed by atoms with Crippen molar-refractivity contribution in [3.8, 4) is 5.75 Å². The Bertz CT molecular complexity index is 774. The zero-order valence-electron chi connectivity index (χ0n) is 13.1. The number of carbonyl (C=O) groups excluding carboxylic acids is 1. The Morgan fingerprint density at radius 2 is 1.92 bits per heavy atom. The van der Waals surface area contributed by atoms with Crippen LogP contribution < -0.4 is 10.2 Å². The van der Waals surface area contributed by atoms with Crippen molar-refractivity contribution in [1.29, 1.82) is 0 Å². The van der Waals surface area contributed by atoms with E-state index >= 15 is 0 Å². The molecule has 0 saturated heterocycles. The van der Waals surface area contributed by atoms with Gasteiger partial charge in [0.2, 0.25) is 0 Å². The number of rotatable bonds is 5. The van der Waals surface area contributed by atoms with E-state index in [0.29, 0.717) is 16.3 Å². The highest BCUT2D eigenvalue weighted by molar-refractivity contribution is 6.31. The lowest BCUT2D eigenvalue weighted by Crippen LogP contribution is -2.24. The summed E-state index contributed by atoms with van der Waals surface area (Å²) in [5.41, 5.74) is 2.72. The molecule has 0 radical (unpaired) electrons. The lowest BCUT2D eigenvalue weighted by Gasteiger charge is -2.07. The predicted molar refractivity (Wildman–Crippen MR) is 88.9 cm³/mol. The van der Waals surface area contributed by atoms with Gasteiger partial charge >= 0.3 is 6.18 Å². The highest BCUT2D eigenvalue weighted by Gasteiger charge is 2.29. The van der Waals surface area contributed by atoms with Crippen molar-refractivity contribution in [3.05, 3.63) is 64.2 Å². The summed E-state index contributed by atoms with van der Waals surface area (Å²) in [7, 11) is 0. The molecule has 132 valence electrons. The van der Waals surface area contributed by atoms with Crippen LogP contribution in [0.25, 0.3) is 0 Å². The number of amides is 1. The fraction of sp³-hybridized carbons (Fsp3) is 0.176. The molecule has 0 atom stereocenters. The Morgan fingerprint density at radius 3 is 2.52 bits per heavy atom. The van der Waals surface area contributed by atoms with E-state index in [9.17, 15) is 18.0 Å². The average Bonchev–Trinajstić information content (AvgIpc) is 2.55. The van der Waals surface area contributed by atoms with Crippen molar-refractivity contribution in [2.45, 2.75) is 13.1 Å². The maximum Gasteiger partial charge on any atom is 0.416 e. The molecule has 0 fully saturated rings. The Morgan fingerprint density at radius 1 is 1.24 bits per heavy atom. The second-order valence-corrected chi connectivity index (χ2v) is 5.52. The smallest absolute Gasteiger partial charge is 0.416 e. The minimum absolute atomic E-state index is 0.259. The summed E-state index contributed by atoms with van der Waals surface area (Å²) in [6.45, 7) is 1.55. The number of carbonyl (C=O) groups is 1. The fourth-order valence-electron chi connectivity index (χ4n) is 1.83. The van der Waals surface area contributed by atoms with Gasteiger partial charge in [-0.15, -0.1) is 0 Å². The van der Waals surface area contributed by atoms with Gasteiger partial charge in [0.1, 0.15) is 5.75 Å². The second-order valence-electron chi connectivity index (χ2n) is 5.11. The van der Waals surface area contributed by atoms with Gasteiger partial charge in [0, 0.05) is 5.02 Å². The van der Waals surface area contributed by atoms with Crippen LogP contribution in [0.1, 0.15) is 16.7 Å². The number of hydrazone groups is 1. The first-order valence-electron chi connectivity index (χ1n) is 7.14. The minimum Gasteiger partial charge on any atom is -0.484 e. The molecule has 1 amide bonds. The number of halogens is 4. The van der Waals surface area contributed by atoms with Crippen LogP contribution in [0, 0.1) is 6.92 Å². The maximum absolute atomic E-state index is 12.4. The van der Waals surface area contributed by atoms with Crippen molar-refractivity contribution in [1.82, 2.24) is 5.43 Å². The van der Waals surface area contributed by atoms with Crippen molar-refractivity contribution in [2.75, 3.05) is 6.61 Å². The molecule has 0 aromatic heterocycles. The molecule has 0 bridgehead atoms. The Balaban J connectivity index is 1.83. The van der Waals surface area contributed by atoms with Gasteiger partial charge < -0.3 is 4.74 Å².